The summed E-state index contributed by atoms with van der Waals surface area (Å²) in [6.07, 6.45) is 10.7. The van der Waals surface area contributed by atoms with Crippen LogP contribution in [0.4, 0.5) is 0 Å². The van der Waals surface area contributed by atoms with Crippen molar-refractivity contribution >= 4 is 11.8 Å². The highest BCUT2D eigenvalue weighted by atomic mass is 16.2. The molecule has 0 N–H and O–H groups in total. The number of rotatable bonds is 11. The molecule has 3 rings (SSSR count). The first-order valence-electron chi connectivity index (χ1n) is 10.3. The van der Waals surface area contributed by atoms with E-state index in [9.17, 15) is 9.59 Å². The SMILES string of the molecule is O=C1c2ccccc2C(=O)N1CCCCCCCCCCc1ccccc1. The highest BCUT2D eigenvalue weighted by molar-refractivity contribution is 6.21. The number of benzene rings is 2. The zero-order chi connectivity index (χ0) is 18.9. The topological polar surface area (TPSA) is 37.4 Å². The molecule has 0 aliphatic carbocycles. The van der Waals surface area contributed by atoms with Gasteiger partial charge in [0.25, 0.3) is 11.8 Å². The monoisotopic (exact) mass is 363 g/mol. The van der Waals surface area contributed by atoms with Crippen molar-refractivity contribution in [3.63, 3.8) is 0 Å². The molecule has 2 amide bonds. The summed E-state index contributed by atoms with van der Waals surface area (Å²) in [4.78, 5) is 26.0. The lowest BCUT2D eigenvalue weighted by Gasteiger charge is -2.13. The molecule has 0 fully saturated rings. The van der Waals surface area contributed by atoms with Crippen molar-refractivity contribution in [3.8, 4) is 0 Å². The minimum Gasteiger partial charge on any atom is -0.274 e. The van der Waals surface area contributed by atoms with E-state index < -0.39 is 0 Å². The Hall–Kier alpha value is -2.42. The summed E-state index contributed by atoms with van der Waals surface area (Å²) in [6.45, 7) is 0.545. The molecule has 142 valence electrons. The van der Waals surface area contributed by atoms with Crippen molar-refractivity contribution in [1.29, 1.82) is 0 Å². The van der Waals surface area contributed by atoms with Gasteiger partial charge in [0.2, 0.25) is 0 Å². The van der Waals surface area contributed by atoms with Crippen molar-refractivity contribution in [2.75, 3.05) is 6.54 Å². The van der Waals surface area contributed by atoms with Gasteiger partial charge in [0, 0.05) is 6.54 Å². The van der Waals surface area contributed by atoms with Crippen molar-refractivity contribution in [3.05, 3.63) is 71.3 Å². The third kappa shape index (κ3) is 5.29. The van der Waals surface area contributed by atoms with Crippen LogP contribution in [0.3, 0.4) is 0 Å². The average Bonchev–Trinajstić information content (AvgIpc) is 2.95. The predicted octanol–water partition coefficient (Wildman–Crippen LogP) is 5.65. The molecule has 2 aromatic rings. The lowest BCUT2D eigenvalue weighted by molar-refractivity contribution is 0.0651. The largest absolute Gasteiger partial charge is 0.274 e. The van der Waals surface area contributed by atoms with E-state index in [1.165, 1.54) is 55.4 Å². The highest BCUT2D eigenvalue weighted by Gasteiger charge is 2.34. The quantitative estimate of drug-likeness (QED) is 0.382. The molecule has 3 heteroatoms. The maximum atomic E-state index is 12.3. The molecule has 1 heterocycles. The molecule has 0 aromatic heterocycles. The third-order valence-electron chi connectivity index (χ3n) is 5.32. The Kier molecular flexibility index (Phi) is 7.20. The van der Waals surface area contributed by atoms with Gasteiger partial charge in [-0.3, -0.25) is 14.5 Å². The molecule has 1 aliphatic rings. The Labute approximate surface area is 162 Å². The molecule has 0 saturated carbocycles. The van der Waals surface area contributed by atoms with Gasteiger partial charge in [0.1, 0.15) is 0 Å². The van der Waals surface area contributed by atoms with Crippen LogP contribution in [0.1, 0.15) is 77.6 Å². The number of fused-ring (bicyclic) bond motifs is 1. The number of imide groups is 1. The number of hydrogen-bond acceptors (Lipinski definition) is 2. The first kappa shape index (κ1) is 19.3. The number of nitrogens with zero attached hydrogens (tertiary/aromatic N) is 1. The van der Waals surface area contributed by atoms with Crippen LogP contribution >= 0.6 is 0 Å². The number of unbranched alkanes of at least 4 members (excludes halogenated alkanes) is 7. The second-order valence-electron chi connectivity index (χ2n) is 7.37. The lowest BCUT2D eigenvalue weighted by Crippen LogP contribution is -2.30. The molecular weight excluding hydrogens is 334 g/mol. The second kappa shape index (κ2) is 10.1. The minimum absolute atomic E-state index is 0.131. The molecule has 27 heavy (non-hydrogen) atoms. The zero-order valence-electron chi connectivity index (χ0n) is 16.0. The van der Waals surface area contributed by atoms with E-state index >= 15 is 0 Å². The van der Waals surface area contributed by atoms with Crippen LogP contribution in [0.5, 0.6) is 0 Å². The number of aryl methyl sites for hydroxylation is 1. The van der Waals surface area contributed by atoms with Gasteiger partial charge in [-0.15, -0.1) is 0 Å². The molecule has 1 aliphatic heterocycles. The fraction of sp³-hybridized carbons (Fsp3) is 0.417. The summed E-state index contributed by atoms with van der Waals surface area (Å²) in [5.74, 6) is -0.261. The summed E-state index contributed by atoms with van der Waals surface area (Å²) in [6, 6.07) is 17.8. The van der Waals surface area contributed by atoms with Gasteiger partial charge in [-0.05, 0) is 37.0 Å². The molecule has 3 nitrogen and oxygen atoms in total. The maximum Gasteiger partial charge on any atom is 0.261 e. The number of carbonyl (C=O) groups excluding carboxylic acids is 2. The van der Waals surface area contributed by atoms with Gasteiger partial charge in [-0.2, -0.15) is 0 Å². The lowest BCUT2D eigenvalue weighted by atomic mass is 10.0. The fourth-order valence-electron chi connectivity index (χ4n) is 3.75. The standard InChI is InChI=1S/C24H29NO2/c26-23-21-17-11-12-18-22(21)24(27)25(23)19-13-6-4-2-1-3-5-8-14-20-15-9-7-10-16-20/h7,9-12,15-18H,1-6,8,13-14,19H2. The van der Waals surface area contributed by atoms with Crippen LogP contribution < -0.4 is 0 Å². The molecule has 0 bridgehead atoms. The van der Waals surface area contributed by atoms with Crippen LogP contribution in [-0.2, 0) is 6.42 Å². The zero-order valence-corrected chi connectivity index (χ0v) is 16.0. The molecule has 2 aromatic carbocycles. The van der Waals surface area contributed by atoms with E-state index in [0.717, 1.165) is 12.8 Å². The predicted molar refractivity (Wildman–Crippen MR) is 109 cm³/mol. The molecule has 0 spiro atoms. The van der Waals surface area contributed by atoms with E-state index in [1.807, 2.05) is 12.1 Å². The van der Waals surface area contributed by atoms with Crippen LogP contribution in [0.2, 0.25) is 0 Å². The molecule has 0 radical (unpaired) electrons. The fourth-order valence-corrected chi connectivity index (χ4v) is 3.75. The first-order chi connectivity index (χ1) is 13.3. The molecular formula is C24H29NO2. The van der Waals surface area contributed by atoms with Crippen LogP contribution in [0, 0.1) is 0 Å². The van der Waals surface area contributed by atoms with Gasteiger partial charge in [-0.1, -0.05) is 81.0 Å². The van der Waals surface area contributed by atoms with Crippen molar-refractivity contribution in [2.45, 2.75) is 57.8 Å². The van der Waals surface area contributed by atoms with E-state index in [-0.39, 0.29) is 11.8 Å². The van der Waals surface area contributed by atoms with Crippen LogP contribution in [0.15, 0.2) is 54.6 Å². The summed E-state index contributed by atoms with van der Waals surface area (Å²) < 4.78 is 0. The van der Waals surface area contributed by atoms with Gasteiger partial charge < -0.3 is 0 Å². The summed E-state index contributed by atoms with van der Waals surface area (Å²) >= 11 is 0. The average molecular weight is 364 g/mol. The number of hydrogen-bond donors (Lipinski definition) is 0. The summed E-state index contributed by atoms with van der Waals surface area (Å²) in [5.41, 5.74) is 2.54. The minimum atomic E-state index is -0.131. The van der Waals surface area contributed by atoms with Gasteiger partial charge in [-0.25, -0.2) is 0 Å². The summed E-state index contributed by atoms with van der Waals surface area (Å²) in [5, 5.41) is 0. The highest BCUT2D eigenvalue weighted by Crippen LogP contribution is 2.23. The normalized spacial score (nSPS) is 13.3. The van der Waals surface area contributed by atoms with Crippen molar-refractivity contribution < 1.29 is 9.59 Å². The third-order valence-corrected chi connectivity index (χ3v) is 5.32. The van der Waals surface area contributed by atoms with E-state index in [1.54, 1.807) is 12.1 Å². The van der Waals surface area contributed by atoms with Gasteiger partial charge in [0.05, 0.1) is 11.1 Å². The van der Waals surface area contributed by atoms with Crippen molar-refractivity contribution in [1.82, 2.24) is 4.90 Å². The Bertz CT molecular complexity index is 719. The Morgan fingerprint density at radius 2 is 1.04 bits per heavy atom. The van der Waals surface area contributed by atoms with Crippen LogP contribution in [0.25, 0.3) is 0 Å². The number of amides is 2. The number of carbonyl (C=O) groups is 2. The molecule has 0 saturated heterocycles. The Balaban J connectivity index is 1.21. The maximum absolute atomic E-state index is 12.3. The Morgan fingerprint density at radius 1 is 0.556 bits per heavy atom. The second-order valence-corrected chi connectivity index (χ2v) is 7.37. The van der Waals surface area contributed by atoms with Crippen LogP contribution in [-0.4, -0.2) is 23.3 Å². The first-order valence-corrected chi connectivity index (χ1v) is 10.3. The molecule has 0 atom stereocenters. The van der Waals surface area contributed by atoms with Crippen molar-refractivity contribution in [2.24, 2.45) is 0 Å². The Morgan fingerprint density at radius 3 is 1.63 bits per heavy atom. The smallest absolute Gasteiger partial charge is 0.261 e. The summed E-state index contributed by atoms with van der Waals surface area (Å²) in [7, 11) is 0. The van der Waals surface area contributed by atoms with E-state index in [4.69, 9.17) is 0 Å². The van der Waals surface area contributed by atoms with Gasteiger partial charge >= 0.3 is 0 Å². The molecule has 0 unspecified atom stereocenters. The van der Waals surface area contributed by atoms with Gasteiger partial charge in [0.15, 0.2) is 0 Å². The van der Waals surface area contributed by atoms with E-state index in [2.05, 4.69) is 30.3 Å². The van der Waals surface area contributed by atoms with E-state index in [0.29, 0.717) is 17.7 Å².